The molecule has 27 heavy (non-hydrogen) atoms. The molecule has 2 aliphatic rings. The number of benzene rings is 1. The van der Waals surface area contributed by atoms with E-state index in [1.165, 1.54) is 0 Å². The van der Waals surface area contributed by atoms with Crippen molar-refractivity contribution in [1.29, 1.82) is 0 Å². The zero-order valence-electron chi connectivity index (χ0n) is 15.0. The second-order valence-electron chi connectivity index (χ2n) is 7.02. The quantitative estimate of drug-likeness (QED) is 0.784. The number of carbonyl (C=O) groups excluding carboxylic acids is 2. The third-order valence-electron chi connectivity index (χ3n) is 5.15. The molecule has 2 aromatic rings. The maximum Gasteiger partial charge on any atom is 0.257 e. The molecule has 2 fully saturated rings. The fourth-order valence-corrected chi connectivity index (χ4v) is 4.00. The van der Waals surface area contributed by atoms with E-state index in [2.05, 4.69) is 5.10 Å². The normalized spacial score (nSPS) is 17.3. The third-order valence-corrected chi connectivity index (χ3v) is 5.69. The van der Waals surface area contributed by atoms with Crippen LogP contribution in [0.15, 0.2) is 24.4 Å². The Hall–Kier alpha value is -2.05. The first-order chi connectivity index (χ1) is 13.0. The van der Waals surface area contributed by atoms with Crippen LogP contribution in [0.5, 0.6) is 0 Å². The minimum Gasteiger partial charge on any atom is -0.339 e. The second-order valence-corrected chi connectivity index (χ2v) is 7.87. The van der Waals surface area contributed by atoms with Gasteiger partial charge in [-0.15, -0.1) is 0 Å². The number of rotatable bonds is 3. The SMILES string of the molecule is CC(=O)N1CCN(C(=O)c2cnn(-c3ccc(Cl)cc3Cl)c2C2CC2)CC1. The first-order valence-corrected chi connectivity index (χ1v) is 9.79. The molecule has 0 unspecified atom stereocenters. The summed E-state index contributed by atoms with van der Waals surface area (Å²) in [5.74, 6) is 0.333. The van der Waals surface area contributed by atoms with Gasteiger partial charge in [0.15, 0.2) is 0 Å². The summed E-state index contributed by atoms with van der Waals surface area (Å²) in [4.78, 5) is 28.2. The summed E-state index contributed by atoms with van der Waals surface area (Å²) in [6.07, 6.45) is 3.71. The van der Waals surface area contributed by atoms with Gasteiger partial charge >= 0.3 is 0 Å². The first kappa shape index (κ1) is 18.3. The summed E-state index contributed by atoms with van der Waals surface area (Å²) in [7, 11) is 0. The van der Waals surface area contributed by atoms with Gasteiger partial charge in [0.25, 0.3) is 5.91 Å². The van der Waals surface area contributed by atoms with Gasteiger partial charge in [-0.05, 0) is 31.0 Å². The smallest absolute Gasteiger partial charge is 0.257 e. The zero-order chi connectivity index (χ0) is 19.1. The molecule has 0 bridgehead atoms. The van der Waals surface area contributed by atoms with Gasteiger partial charge in [-0.25, -0.2) is 4.68 Å². The van der Waals surface area contributed by atoms with Crippen LogP contribution in [0.2, 0.25) is 10.0 Å². The minimum atomic E-state index is -0.0311. The lowest BCUT2D eigenvalue weighted by molar-refractivity contribution is -0.130. The number of aromatic nitrogens is 2. The molecule has 1 saturated carbocycles. The highest BCUT2D eigenvalue weighted by molar-refractivity contribution is 6.35. The van der Waals surface area contributed by atoms with E-state index < -0.39 is 0 Å². The number of piperazine rings is 1. The van der Waals surface area contributed by atoms with Gasteiger partial charge in [-0.2, -0.15) is 5.10 Å². The molecule has 0 N–H and O–H groups in total. The zero-order valence-corrected chi connectivity index (χ0v) is 16.5. The van der Waals surface area contributed by atoms with E-state index in [1.54, 1.807) is 39.7 Å². The van der Waals surface area contributed by atoms with Crippen molar-refractivity contribution in [3.05, 3.63) is 45.7 Å². The largest absolute Gasteiger partial charge is 0.339 e. The Morgan fingerprint density at radius 1 is 1.07 bits per heavy atom. The Bertz CT molecular complexity index is 899. The molecule has 2 heterocycles. The maximum atomic E-state index is 13.1. The van der Waals surface area contributed by atoms with Crippen LogP contribution in [0, 0.1) is 0 Å². The lowest BCUT2D eigenvalue weighted by atomic mass is 10.1. The molecule has 0 radical (unpaired) electrons. The predicted octanol–water partition coefficient (Wildman–Crippen LogP) is 3.36. The topological polar surface area (TPSA) is 58.4 Å². The molecule has 8 heteroatoms. The van der Waals surface area contributed by atoms with Crippen molar-refractivity contribution in [2.24, 2.45) is 0 Å². The van der Waals surface area contributed by atoms with Gasteiger partial charge < -0.3 is 9.80 Å². The highest BCUT2D eigenvalue weighted by Crippen LogP contribution is 2.43. The van der Waals surface area contributed by atoms with Crippen molar-refractivity contribution in [2.75, 3.05) is 26.2 Å². The number of halogens is 2. The van der Waals surface area contributed by atoms with Crippen LogP contribution in [-0.2, 0) is 4.79 Å². The first-order valence-electron chi connectivity index (χ1n) is 9.04. The van der Waals surface area contributed by atoms with Gasteiger partial charge in [-0.1, -0.05) is 23.2 Å². The van der Waals surface area contributed by atoms with Crippen molar-refractivity contribution < 1.29 is 9.59 Å². The monoisotopic (exact) mass is 406 g/mol. The van der Waals surface area contributed by atoms with Crippen molar-refractivity contribution in [3.63, 3.8) is 0 Å². The Kier molecular flexibility index (Phi) is 4.86. The van der Waals surface area contributed by atoms with E-state index in [0.29, 0.717) is 47.7 Å². The summed E-state index contributed by atoms with van der Waals surface area (Å²) in [6.45, 7) is 3.77. The van der Waals surface area contributed by atoms with Crippen LogP contribution in [0.1, 0.15) is 41.7 Å². The second kappa shape index (κ2) is 7.17. The number of amides is 2. The molecule has 2 amide bonds. The highest BCUT2D eigenvalue weighted by Gasteiger charge is 2.35. The van der Waals surface area contributed by atoms with E-state index in [1.807, 2.05) is 6.07 Å². The maximum absolute atomic E-state index is 13.1. The van der Waals surface area contributed by atoms with Crippen LogP contribution in [-0.4, -0.2) is 57.6 Å². The molecule has 0 spiro atoms. The average Bonchev–Trinajstić information content (AvgIpc) is 3.40. The molecule has 6 nitrogen and oxygen atoms in total. The molecule has 1 aromatic heterocycles. The van der Waals surface area contributed by atoms with E-state index in [9.17, 15) is 9.59 Å². The van der Waals surface area contributed by atoms with Gasteiger partial charge in [0.05, 0.1) is 28.2 Å². The van der Waals surface area contributed by atoms with Crippen LogP contribution >= 0.6 is 23.2 Å². The molecule has 1 saturated heterocycles. The number of hydrogen-bond acceptors (Lipinski definition) is 3. The highest BCUT2D eigenvalue weighted by atomic mass is 35.5. The Morgan fingerprint density at radius 2 is 1.74 bits per heavy atom. The molecule has 1 aromatic carbocycles. The molecular weight excluding hydrogens is 387 g/mol. The summed E-state index contributed by atoms with van der Waals surface area (Å²) in [5.41, 5.74) is 2.27. The molecule has 1 aliphatic carbocycles. The summed E-state index contributed by atoms with van der Waals surface area (Å²) < 4.78 is 1.77. The fourth-order valence-electron chi connectivity index (χ4n) is 3.51. The van der Waals surface area contributed by atoms with Crippen LogP contribution < -0.4 is 0 Å². The van der Waals surface area contributed by atoms with Crippen molar-refractivity contribution >= 4 is 35.0 Å². The van der Waals surface area contributed by atoms with Gasteiger partial charge in [-0.3, -0.25) is 9.59 Å². The van der Waals surface area contributed by atoms with E-state index in [4.69, 9.17) is 23.2 Å². The Labute approximate surface area is 167 Å². The van der Waals surface area contributed by atoms with E-state index in [-0.39, 0.29) is 11.8 Å². The molecule has 142 valence electrons. The molecule has 0 atom stereocenters. The van der Waals surface area contributed by atoms with Crippen molar-refractivity contribution in [3.8, 4) is 5.69 Å². The third kappa shape index (κ3) is 3.56. The van der Waals surface area contributed by atoms with Gasteiger partial charge in [0.2, 0.25) is 5.91 Å². The van der Waals surface area contributed by atoms with Crippen LogP contribution in [0.3, 0.4) is 0 Å². The fraction of sp³-hybridized carbons (Fsp3) is 0.421. The lowest BCUT2D eigenvalue weighted by Gasteiger charge is -2.34. The summed E-state index contributed by atoms with van der Waals surface area (Å²) >= 11 is 12.4. The average molecular weight is 407 g/mol. The van der Waals surface area contributed by atoms with Crippen molar-refractivity contribution in [1.82, 2.24) is 19.6 Å². The van der Waals surface area contributed by atoms with E-state index in [0.717, 1.165) is 24.2 Å². The van der Waals surface area contributed by atoms with Crippen LogP contribution in [0.25, 0.3) is 5.69 Å². The summed E-state index contributed by atoms with van der Waals surface area (Å²) in [6, 6.07) is 5.27. The van der Waals surface area contributed by atoms with Crippen molar-refractivity contribution in [2.45, 2.75) is 25.7 Å². The molecule has 4 rings (SSSR count). The Morgan fingerprint density at radius 3 is 2.33 bits per heavy atom. The molecule has 1 aliphatic heterocycles. The lowest BCUT2D eigenvalue weighted by Crippen LogP contribution is -2.50. The van der Waals surface area contributed by atoms with Gasteiger partial charge in [0, 0.05) is 44.0 Å². The van der Waals surface area contributed by atoms with Crippen LogP contribution in [0.4, 0.5) is 0 Å². The minimum absolute atomic E-state index is 0.0311. The standard InChI is InChI=1S/C19H20Cl2N4O2/c1-12(26)23-6-8-24(9-7-23)19(27)15-11-22-25(18(15)13-2-3-13)17-5-4-14(20)10-16(17)21/h4-5,10-11,13H,2-3,6-9H2,1H3. The molecular formula is C19H20Cl2N4O2. The number of hydrogen-bond donors (Lipinski definition) is 0. The number of nitrogens with zero attached hydrogens (tertiary/aromatic N) is 4. The number of carbonyl (C=O) groups is 2. The summed E-state index contributed by atoms with van der Waals surface area (Å²) in [5, 5.41) is 5.53. The predicted molar refractivity (Wildman–Crippen MR) is 104 cm³/mol. The Balaban J connectivity index is 1.63. The van der Waals surface area contributed by atoms with Gasteiger partial charge in [0.1, 0.15) is 0 Å². The van der Waals surface area contributed by atoms with E-state index >= 15 is 0 Å².